The topological polar surface area (TPSA) is 36.4 Å². The summed E-state index contributed by atoms with van der Waals surface area (Å²) < 4.78 is 0. The van der Waals surface area contributed by atoms with Crippen LogP contribution in [0.2, 0.25) is 0 Å². The van der Waals surface area contributed by atoms with Crippen molar-refractivity contribution in [3.63, 3.8) is 0 Å². The summed E-state index contributed by atoms with van der Waals surface area (Å²) in [6.07, 6.45) is 6.77. The van der Waals surface area contributed by atoms with Gasteiger partial charge in [-0.2, -0.15) is 0 Å². The molecule has 2 aliphatic carbocycles. The van der Waals surface area contributed by atoms with Gasteiger partial charge in [0, 0.05) is 13.1 Å². The normalized spacial score (nSPS) is 31.8. The molecule has 0 saturated heterocycles. The lowest BCUT2D eigenvalue weighted by Gasteiger charge is -2.34. The monoisotopic (exact) mass is 308 g/mol. The molecule has 1 fully saturated rings. The number of hydrogen-bond acceptors (Lipinski definition) is 4. The van der Waals surface area contributed by atoms with E-state index in [-0.39, 0.29) is 11.5 Å². The fourth-order valence-corrected chi connectivity index (χ4v) is 5.04. The number of aromatic nitrogens is 1. The Labute approximate surface area is 132 Å². The number of fused-ring (bicyclic) bond motifs is 1. The standard InChI is InChI=1S/C17H28N2OS/c1-11-6-5-7-12(8-11)19(4)16-18-13-9-17(2,3)10-14(20)15(13)21-16/h11-12,14,20H,5-10H2,1-4H3. The summed E-state index contributed by atoms with van der Waals surface area (Å²) in [5, 5.41) is 11.5. The summed E-state index contributed by atoms with van der Waals surface area (Å²) in [5.74, 6) is 0.824. The molecule has 1 aromatic heterocycles. The maximum Gasteiger partial charge on any atom is 0.185 e. The molecule has 2 aliphatic rings. The quantitative estimate of drug-likeness (QED) is 0.891. The Morgan fingerprint density at radius 1 is 1.33 bits per heavy atom. The van der Waals surface area contributed by atoms with Crippen LogP contribution >= 0.6 is 11.3 Å². The highest BCUT2D eigenvalue weighted by molar-refractivity contribution is 7.15. The third-order valence-electron chi connectivity index (χ3n) is 5.17. The molecule has 0 radical (unpaired) electrons. The highest BCUT2D eigenvalue weighted by atomic mass is 32.1. The SMILES string of the molecule is CC1CCCC(N(C)c2nc3c(s2)C(O)CC(C)(C)C3)C1. The van der Waals surface area contributed by atoms with E-state index in [9.17, 15) is 5.11 Å². The van der Waals surface area contributed by atoms with Crippen LogP contribution in [0.3, 0.4) is 0 Å². The summed E-state index contributed by atoms with van der Waals surface area (Å²) in [5.41, 5.74) is 1.30. The van der Waals surface area contributed by atoms with Crippen molar-refractivity contribution in [2.45, 2.75) is 71.4 Å². The molecule has 0 bridgehead atoms. The number of rotatable bonds is 2. The Hall–Kier alpha value is -0.610. The van der Waals surface area contributed by atoms with Crippen LogP contribution in [0.5, 0.6) is 0 Å². The average Bonchev–Trinajstić information content (AvgIpc) is 2.80. The zero-order valence-electron chi connectivity index (χ0n) is 13.7. The van der Waals surface area contributed by atoms with Gasteiger partial charge in [0.25, 0.3) is 0 Å². The first-order valence-electron chi connectivity index (χ1n) is 8.26. The molecule has 1 saturated carbocycles. The second-order valence-electron chi connectivity index (χ2n) is 7.90. The number of aliphatic hydroxyl groups excluding tert-OH is 1. The van der Waals surface area contributed by atoms with Gasteiger partial charge < -0.3 is 10.0 Å². The molecule has 1 N–H and O–H groups in total. The van der Waals surface area contributed by atoms with Gasteiger partial charge in [-0.1, -0.05) is 44.9 Å². The van der Waals surface area contributed by atoms with E-state index >= 15 is 0 Å². The molecule has 1 heterocycles. The average molecular weight is 308 g/mol. The minimum atomic E-state index is -0.325. The van der Waals surface area contributed by atoms with Crippen molar-refractivity contribution in [3.05, 3.63) is 10.6 Å². The van der Waals surface area contributed by atoms with Crippen molar-refractivity contribution >= 4 is 16.5 Å². The molecule has 3 nitrogen and oxygen atoms in total. The van der Waals surface area contributed by atoms with Crippen molar-refractivity contribution < 1.29 is 5.11 Å². The van der Waals surface area contributed by atoms with Gasteiger partial charge in [-0.15, -0.1) is 0 Å². The maximum atomic E-state index is 10.4. The van der Waals surface area contributed by atoms with Gasteiger partial charge in [-0.25, -0.2) is 4.98 Å². The van der Waals surface area contributed by atoms with Crippen molar-refractivity contribution in [1.82, 2.24) is 4.98 Å². The van der Waals surface area contributed by atoms with Gasteiger partial charge in [0.1, 0.15) is 0 Å². The van der Waals surface area contributed by atoms with E-state index in [2.05, 4.69) is 32.7 Å². The molecule has 1 aromatic rings. The lowest BCUT2D eigenvalue weighted by molar-refractivity contribution is 0.102. The van der Waals surface area contributed by atoms with Gasteiger partial charge in [0.05, 0.1) is 16.7 Å². The number of nitrogens with zero attached hydrogens (tertiary/aromatic N) is 2. The first-order valence-corrected chi connectivity index (χ1v) is 9.08. The molecular formula is C17H28N2OS. The molecule has 4 heteroatoms. The summed E-state index contributed by atoms with van der Waals surface area (Å²) in [6, 6.07) is 0.617. The minimum Gasteiger partial charge on any atom is -0.387 e. The zero-order chi connectivity index (χ0) is 15.2. The third kappa shape index (κ3) is 3.11. The van der Waals surface area contributed by atoms with Gasteiger partial charge in [0.15, 0.2) is 5.13 Å². The maximum absolute atomic E-state index is 10.4. The van der Waals surface area contributed by atoms with Crippen LogP contribution in [0, 0.1) is 11.3 Å². The number of aliphatic hydroxyl groups is 1. The van der Waals surface area contributed by atoms with Crippen LogP contribution in [0.1, 0.15) is 69.6 Å². The largest absolute Gasteiger partial charge is 0.387 e. The Balaban J connectivity index is 1.81. The third-order valence-corrected chi connectivity index (χ3v) is 6.46. The van der Waals surface area contributed by atoms with Gasteiger partial charge >= 0.3 is 0 Å². The van der Waals surface area contributed by atoms with Crippen molar-refractivity contribution in [2.75, 3.05) is 11.9 Å². The van der Waals surface area contributed by atoms with E-state index in [1.165, 1.54) is 25.7 Å². The van der Waals surface area contributed by atoms with E-state index in [1.807, 2.05) is 0 Å². The van der Waals surface area contributed by atoms with E-state index in [0.717, 1.165) is 34.5 Å². The van der Waals surface area contributed by atoms with Crippen LogP contribution < -0.4 is 4.90 Å². The molecule has 0 amide bonds. The predicted molar refractivity (Wildman–Crippen MR) is 89.0 cm³/mol. The van der Waals surface area contributed by atoms with Crippen molar-refractivity contribution in [2.24, 2.45) is 11.3 Å². The number of hydrogen-bond donors (Lipinski definition) is 1. The second kappa shape index (κ2) is 5.54. The molecule has 3 atom stereocenters. The molecule has 0 aromatic carbocycles. The molecule has 0 aliphatic heterocycles. The highest BCUT2D eigenvalue weighted by Gasteiger charge is 2.35. The first kappa shape index (κ1) is 15.3. The molecule has 118 valence electrons. The molecular weight excluding hydrogens is 280 g/mol. The highest BCUT2D eigenvalue weighted by Crippen LogP contribution is 2.45. The van der Waals surface area contributed by atoms with E-state index in [1.54, 1.807) is 11.3 Å². The van der Waals surface area contributed by atoms with Gasteiger partial charge in [0.2, 0.25) is 0 Å². The predicted octanol–water partition coefficient (Wildman–Crippen LogP) is 4.16. The number of anilines is 1. The molecule has 21 heavy (non-hydrogen) atoms. The lowest BCUT2D eigenvalue weighted by Crippen LogP contribution is -2.35. The van der Waals surface area contributed by atoms with Crippen LogP contribution in [-0.2, 0) is 6.42 Å². The van der Waals surface area contributed by atoms with Crippen LogP contribution in [0.25, 0.3) is 0 Å². The fourth-order valence-electron chi connectivity index (χ4n) is 3.94. The zero-order valence-corrected chi connectivity index (χ0v) is 14.5. The summed E-state index contributed by atoms with van der Waals surface area (Å²) >= 11 is 1.71. The van der Waals surface area contributed by atoms with E-state index in [4.69, 9.17) is 4.98 Å². The Morgan fingerprint density at radius 2 is 2.10 bits per heavy atom. The van der Waals surface area contributed by atoms with Crippen LogP contribution in [0.4, 0.5) is 5.13 Å². The van der Waals surface area contributed by atoms with E-state index < -0.39 is 0 Å². The Morgan fingerprint density at radius 3 is 2.81 bits per heavy atom. The van der Waals surface area contributed by atoms with Crippen LogP contribution in [0.15, 0.2) is 0 Å². The first-order chi connectivity index (χ1) is 9.85. The minimum absolute atomic E-state index is 0.162. The Bertz CT molecular complexity index is 511. The van der Waals surface area contributed by atoms with E-state index in [0.29, 0.717) is 6.04 Å². The van der Waals surface area contributed by atoms with Crippen molar-refractivity contribution in [1.29, 1.82) is 0 Å². The molecule has 3 rings (SSSR count). The summed E-state index contributed by atoms with van der Waals surface area (Å²) in [7, 11) is 2.19. The smallest absolute Gasteiger partial charge is 0.185 e. The lowest BCUT2D eigenvalue weighted by atomic mass is 9.77. The molecule has 3 unspecified atom stereocenters. The Kier molecular flexibility index (Phi) is 4.04. The second-order valence-corrected chi connectivity index (χ2v) is 8.91. The van der Waals surface area contributed by atoms with Gasteiger partial charge in [-0.3, -0.25) is 0 Å². The molecule has 0 spiro atoms. The van der Waals surface area contributed by atoms with Crippen molar-refractivity contribution in [3.8, 4) is 0 Å². The van der Waals surface area contributed by atoms with Crippen LogP contribution in [-0.4, -0.2) is 23.2 Å². The summed E-state index contributed by atoms with van der Waals surface area (Å²) in [6.45, 7) is 6.81. The number of thiazole rings is 1. The fraction of sp³-hybridized carbons (Fsp3) is 0.824. The van der Waals surface area contributed by atoms with Gasteiger partial charge in [-0.05, 0) is 37.0 Å². The summed E-state index contributed by atoms with van der Waals surface area (Å²) in [4.78, 5) is 8.37.